The van der Waals surface area contributed by atoms with Gasteiger partial charge in [-0.05, 0) is 79.4 Å². The van der Waals surface area contributed by atoms with E-state index in [0.717, 1.165) is 29.7 Å². The molecule has 1 spiro atoms. The van der Waals surface area contributed by atoms with Gasteiger partial charge in [-0.15, -0.1) is 0 Å². The van der Waals surface area contributed by atoms with E-state index in [1.165, 1.54) is 43.1 Å². The molecule has 5 aliphatic rings. The highest BCUT2D eigenvalue weighted by Crippen LogP contribution is 2.79. The Morgan fingerprint density at radius 1 is 1.13 bits per heavy atom. The lowest BCUT2D eigenvalue weighted by molar-refractivity contribution is -0.179. The van der Waals surface area contributed by atoms with Crippen LogP contribution in [0.4, 0.5) is 0 Å². The van der Waals surface area contributed by atoms with E-state index in [2.05, 4.69) is 48.3 Å². The lowest BCUT2D eigenvalue weighted by Gasteiger charge is -2.67. The molecule has 2 heteroatoms. The molecule has 2 aliphatic carbocycles. The van der Waals surface area contributed by atoms with Crippen molar-refractivity contribution in [3.63, 3.8) is 0 Å². The third kappa shape index (κ3) is 1.57. The van der Waals surface area contributed by atoms with Crippen LogP contribution < -0.4 is 0 Å². The van der Waals surface area contributed by atoms with E-state index in [0.29, 0.717) is 16.4 Å². The summed E-state index contributed by atoms with van der Waals surface area (Å²) in [5.74, 6) is 3.87. The zero-order valence-electron chi connectivity index (χ0n) is 15.3. The molecule has 1 unspecified atom stereocenters. The van der Waals surface area contributed by atoms with E-state index in [1.807, 2.05) is 0 Å². The third-order valence-corrected chi connectivity index (χ3v) is 10.4. The predicted molar refractivity (Wildman–Crippen MR) is 105 cm³/mol. The number of halogens is 1. The largest absolute Gasteiger partial charge is 0.293 e. The minimum absolute atomic E-state index is 0.641. The van der Waals surface area contributed by atoms with E-state index in [4.69, 9.17) is 0 Å². The fraction of sp³-hybridized carbons (Fsp3) is 1.00. The highest BCUT2D eigenvalue weighted by molar-refractivity contribution is 14.1. The predicted octanol–water partition coefficient (Wildman–Crippen LogP) is 5.52. The minimum atomic E-state index is 0.641. The van der Waals surface area contributed by atoms with E-state index < -0.39 is 0 Å². The summed E-state index contributed by atoms with van der Waals surface area (Å²) in [4.78, 5) is 3.18. The Balaban J connectivity index is 1.75. The second kappa shape index (κ2) is 4.90. The van der Waals surface area contributed by atoms with Gasteiger partial charge in [0.25, 0.3) is 0 Å². The van der Waals surface area contributed by atoms with Crippen molar-refractivity contribution in [2.45, 2.75) is 83.7 Å². The van der Waals surface area contributed by atoms with Crippen LogP contribution >= 0.6 is 22.6 Å². The molecule has 3 heterocycles. The number of nitrogens with zero attached hydrogens (tertiary/aromatic N) is 1. The van der Waals surface area contributed by atoms with Gasteiger partial charge in [-0.2, -0.15) is 0 Å². The number of piperidine rings is 2. The molecule has 130 valence electrons. The van der Waals surface area contributed by atoms with Crippen LogP contribution in [0.15, 0.2) is 0 Å². The second-order valence-corrected chi connectivity index (χ2v) is 11.3. The van der Waals surface area contributed by atoms with Gasteiger partial charge in [0.2, 0.25) is 0 Å². The zero-order valence-corrected chi connectivity index (χ0v) is 17.4. The topological polar surface area (TPSA) is 3.24 Å². The molecule has 3 aliphatic heterocycles. The SMILES string of the molecule is CC(C)[C@H]1CC[C@@]2(C)[C@H]3CC[C@]45CCC[C@H]4[C@@]2(CCI)[C@H]1N5C3. The zero-order chi connectivity index (χ0) is 16.0. The maximum absolute atomic E-state index is 3.18. The van der Waals surface area contributed by atoms with Crippen LogP contribution in [0.3, 0.4) is 0 Å². The van der Waals surface area contributed by atoms with Gasteiger partial charge in [0, 0.05) is 22.6 Å². The first-order valence-corrected chi connectivity index (χ1v) is 11.9. The Morgan fingerprint density at radius 3 is 2.70 bits per heavy atom. The van der Waals surface area contributed by atoms with Gasteiger partial charge in [-0.3, -0.25) is 4.90 Å². The van der Waals surface area contributed by atoms with E-state index >= 15 is 0 Å². The molecule has 0 aromatic carbocycles. The van der Waals surface area contributed by atoms with Gasteiger partial charge < -0.3 is 0 Å². The number of hydrogen-bond acceptors (Lipinski definition) is 1. The third-order valence-electron chi connectivity index (χ3n) is 9.88. The standard InChI is InChI=1S/C21H34IN/c1-14(2)16-7-9-19(3)15-6-10-20-8-4-5-17(20)21(19,11-12-22)18(16)23(20)13-15/h14-18H,4-13H2,1-3H3/t15-,16+,17+,18-,19-,20+,21-/m0/s1. The van der Waals surface area contributed by atoms with E-state index in [1.54, 1.807) is 19.3 Å². The molecule has 5 fully saturated rings. The van der Waals surface area contributed by atoms with Gasteiger partial charge >= 0.3 is 0 Å². The molecule has 0 amide bonds. The highest BCUT2D eigenvalue weighted by atomic mass is 127. The minimum Gasteiger partial charge on any atom is -0.293 e. The van der Waals surface area contributed by atoms with Gasteiger partial charge in [0.15, 0.2) is 0 Å². The summed E-state index contributed by atoms with van der Waals surface area (Å²) >= 11 is 2.70. The lowest BCUT2D eigenvalue weighted by Crippen LogP contribution is -2.68. The van der Waals surface area contributed by atoms with Crippen LogP contribution in [-0.4, -0.2) is 27.5 Å². The summed E-state index contributed by atoms with van der Waals surface area (Å²) < 4.78 is 1.38. The van der Waals surface area contributed by atoms with Gasteiger partial charge in [-0.25, -0.2) is 0 Å². The molecule has 2 saturated carbocycles. The maximum atomic E-state index is 3.18. The van der Waals surface area contributed by atoms with Gasteiger partial charge in [0.05, 0.1) is 0 Å². The molecule has 3 saturated heterocycles. The summed E-state index contributed by atoms with van der Waals surface area (Å²) in [6.07, 6.45) is 12.3. The molecule has 0 aromatic heterocycles. The molecule has 0 aromatic rings. The molecule has 23 heavy (non-hydrogen) atoms. The van der Waals surface area contributed by atoms with Crippen LogP contribution in [0.5, 0.6) is 0 Å². The summed E-state index contributed by atoms with van der Waals surface area (Å²) in [6, 6.07) is 0.929. The average molecular weight is 427 g/mol. The first kappa shape index (κ1) is 15.9. The maximum Gasteiger partial charge on any atom is 0.0247 e. The van der Waals surface area contributed by atoms with Crippen molar-refractivity contribution in [1.82, 2.24) is 4.90 Å². The van der Waals surface area contributed by atoms with Crippen LogP contribution in [0.25, 0.3) is 0 Å². The number of fused-ring (bicyclic) bond motifs is 2. The summed E-state index contributed by atoms with van der Waals surface area (Å²) in [7, 11) is 0. The Kier molecular flexibility index (Phi) is 3.39. The normalized spacial score (nSPS) is 59.6. The molecular formula is C21H34IN. The average Bonchev–Trinajstić information content (AvgIpc) is 2.98. The van der Waals surface area contributed by atoms with E-state index in [9.17, 15) is 0 Å². The molecule has 0 N–H and O–H groups in total. The van der Waals surface area contributed by atoms with Crippen molar-refractivity contribution in [1.29, 1.82) is 0 Å². The van der Waals surface area contributed by atoms with Crippen LogP contribution in [0.2, 0.25) is 0 Å². The smallest absolute Gasteiger partial charge is 0.0247 e. The first-order chi connectivity index (χ1) is 11.0. The number of rotatable bonds is 3. The van der Waals surface area contributed by atoms with Crippen molar-refractivity contribution < 1.29 is 0 Å². The Morgan fingerprint density at radius 2 is 1.96 bits per heavy atom. The Bertz CT molecular complexity index is 518. The number of hydrogen-bond donors (Lipinski definition) is 0. The summed E-state index contributed by atoms with van der Waals surface area (Å²) in [5.41, 5.74) is 1.96. The monoisotopic (exact) mass is 427 g/mol. The first-order valence-electron chi connectivity index (χ1n) is 10.3. The molecule has 8 atom stereocenters. The molecule has 5 rings (SSSR count). The van der Waals surface area contributed by atoms with Crippen LogP contribution in [-0.2, 0) is 0 Å². The van der Waals surface area contributed by atoms with Crippen molar-refractivity contribution in [2.75, 3.05) is 11.0 Å². The van der Waals surface area contributed by atoms with Gasteiger partial charge in [-0.1, -0.05) is 49.8 Å². The lowest BCUT2D eigenvalue weighted by atomic mass is 9.42. The fourth-order valence-corrected chi connectivity index (χ4v) is 10.1. The van der Waals surface area contributed by atoms with Gasteiger partial charge in [0.1, 0.15) is 0 Å². The molecular weight excluding hydrogens is 393 g/mol. The van der Waals surface area contributed by atoms with E-state index in [-0.39, 0.29) is 0 Å². The quantitative estimate of drug-likeness (QED) is 0.424. The Hall–Kier alpha value is 0.690. The van der Waals surface area contributed by atoms with Crippen molar-refractivity contribution >= 4 is 22.6 Å². The van der Waals surface area contributed by atoms with Crippen LogP contribution in [0.1, 0.15) is 72.1 Å². The van der Waals surface area contributed by atoms with Crippen molar-refractivity contribution in [3.05, 3.63) is 0 Å². The molecule has 5 bridgehead atoms. The van der Waals surface area contributed by atoms with Crippen molar-refractivity contribution in [2.24, 2.45) is 34.5 Å². The Labute approximate surface area is 156 Å². The van der Waals surface area contributed by atoms with Crippen molar-refractivity contribution in [3.8, 4) is 0 Å². The summed E-state index contributed by atoms with van der Waals surface area (Å²) in [6.45, 7) is 9.27. The molecule has 1 nitrogen and oxygen atoms in total. The van der Waals surface area contributed by atoms with Crippen LogP contribution in [0, 0.1) is 34.5 Å². The fourth-order valence-electron chi connectivity index (χ4n) is 9.16. The summed E-state index contributed by atoms with van der Waals surface area (Å²) in [5, 5.41) is 0. The second-order valence-electron chi connectivity index (χ2n) is 10.2. The molecule has 0 radical (unpaired) electrons. The number of alkyl halides is 1. The highest BCUT2D eigenvalue weighted by Gasteiger charge is 2.79.